The molecule has 0 saturated carbocycles. The number of allylic oxidation sites excluding steroid dienone is 1. The Hall–Kier alpha value is -1.60. The van der Waals surface area contributed by atoms with Gasteiger partial charge >= 0.3 is 0 Å². The lowest BCUT2D eigenvalue weighted by Gasteiger charge is -2.13. The summed E-state index contributed by atoms with van der Waals surface area (Å²) < 4.78 is 0. The van der Waals surface area contributed by atoms with Crippen molar-refractivity contribution >= 4 is 10.2 Å². The van der Waals surface area contributed by atoms with E-state index in [0.29, 0.717) is 5.92 Å². The summed E-state index contributed by atoms with van der Waals surface area (Å²) in [5.74, 6) is 0.632. The second kappa shape index (κ2) is 8.54. The Morgan fingerprint density at radius 3 is 1.60 bits per heavy atom. The maximum atomic E-state index is 3.47. The van der Waals surface area contributed by atoms with E-state index >= 15 is 0 Å². The zero-order chi connectivity index (χ0) is 14.0. The van der Waals surface area contributed by atoms with Gasteiger partial charge in [0.2, 0.25) is 0 Å². The molecule has 101 valence electrons. The molecule has 0 aliphatic rings. The zero-order valence-corrected chi connectivity index (χ0v) is 12.8. The van der Waals surface area contributed by atoms with Crippen molar-refractivity contribution in [3.8, 4) is 0 Å². The Labute approximate surface area is 126 Å². The fourth-order valence-electron chi connectivity index (χ4n) is 2.47. The monoisotopic (exact) mass is 277 g/mol. The van der Waals surface area contributed by atoms with E-state index in [2.05, 4.69) is 77.0 Å². The highest BCUT2D eigenvalue weighted by Gasteiger charge is 2.05. The van der Waals surface area contributed by atoms with Crippen molar-refractivity contribution in [1.82, 2.24) is 0 Å². The highest BCUT2D eigenvalue weighted by Crippen LogP contribution is 2.17. The van der Waals surface area contributed by atoms with Gasteiger partial charge in [-0.1, -0.05) is 66.7 Å². The smallest absolute Gasteiger partial charge is 0.0596 e. The minimum atomic E-state index is 0.632. The molecule has 1 heteroatoms. The fourth-order valence-corrected chi connectivity index (χ4v) is 2.74. The average molecular weight is 277 g/mol. The van der Waals surface area contributed by atoms with E-state index in [-0.39, 0.29) is 0 Å². The van der Waals surface area contributed by atoms with Gasteiger partial charge in [-0.15, -0.1) is 5.70 Å². The van der Waals surface area contributed by atoms with Crippen LogP contribution in [0.25, 0.3) is 0 Å². The van der Waals surface area contributed by atoms with Crippen LogP contribution in [-0.2, 0) is 12.8 Å². The number of benzene rings is 2. The van der Waals surface area contributed by atoms with Crippen LogP contribution in [-0.4, -0.2) is 10.2 Å². The molecule has 0 heterocycles. The molecule has 0 bridgehead atoms. The van der Waals surface area contributed by atoms with Crippen molar-refractivity contribution in [2.45, 2.75) is 25.7 Å². The van der Waals surface area contributed by atoms with E-state index in [1.807, 2.05) is 5.70 Å². The lowest BCUT2D eigenvalue weighted by atomic mass is 9.93. The number of hydrogen-bond donors (Lipinski definition) is 0. The van der Waals surface area contributed by atoms with Crippen LogP contribution in [0.5, 0.6) is 0 Å². The van der Waals surface area contributed by atoms with Crippen molar-refractivity contribution in [3.05, 3.63) is 83.6 Å². The first-order valence-corrected chi connectivity index (χ1v) is 7.88. The Morgan fingerprint density at radius 1 is 0.750 bits per heavy atom. The van der Waals surface area contributed by atoms with E-state index in [1.165, 1.54) is 24.0 Å². The minimum Gasteiger partial charge on any atom is -0.106 e. The molecule has 0 nitrogen and oxygen atoms in total. The maximum absolute atomic E-state index is 3.47. The molecule has 2 aromatic carbocycles. The summed E-state index contributed by atoms with van der Waals surface area (Å²) >= 11 is 0. The molecule has 0 atom stereocenters. The van der Waals surface area contributed by atoms with Gasteiger partial charge in [-0.2, -0.15) is 0 Å². The second-order valence-corrected chi connectivity index (χ2v) is 5.50. The predicted octanol–water partition coefficient (Wildman–Crippen LogP) is 4.55. The molecule has 20 heavy (non-hydrogen) atoms. The molecule has 0 unspecified atom stereocenters. The third-order valence-electron chi connectivity index (χ3n) is 3.66. The minimum absolute atomic E-state index is 0.632. The third-order valence-corrected chi connectivity index (χ3v) is 3.85. The number of hydrogen-bond acceptors (Lipinski definition) is 0. The molecular formula is C19H21Si. The highest BCUT2D eigenvalue weighted by molar-refractivity contribution is 6.16. The Bertz CT molecular complexity index is 458. The van der Waals surface area contributed by atoms with Crippen LogP contribution in [0.15, 0.2) is 72.4 Å². The first-order chi connectivity index (χ1) is 9.88. The molecule has 2 aromatic rings. The SMILES string of the molecule is [Si]C=CC(CCc1ccccc1)CCc1ccccc1. The van der Waals surface area contributed by atoms with Gasteiger partial charge in [0.25, 0.3) is 0 Å². The largest absolute Gasteiger partial charge is 0.106 e. The van der Waals surface area contributed by atoms with Gasteiger partial charge in [0.1, 0.15) is 0 Å². The Morgan fingerprint density at radius 2 is 1.20 bits per heavy atom. The highest BCUT2D eigenvalue weighted by atomic mass is 28.1. The van der Waals surface area contributed by atoms with E-state index in [0.717, 1.165) is 12.8 Å². The zero-order valence-electron chi connectivity index (χ0n) is 11.8. The Kier molecular flexibility index (Phi) is 6.32. The van der Waals surface area contributed by atoms with Gasteiger partial charge in [-0.25, -0.2) is 0 Å². The molecule has 0 aliphatic heterocycles. The summed E-state index contributed by atoms with van der Waals surface area (Å²) in [5, 5.41) is 0. The van der Waals surface area contributed by atoms with Gasteiger partial charge in [-0.05, 0) is 42.7 Å². The van der Waals surface area contributed by atoms with Crippen molar-refractivity contribution in [2.24, 2.45) is 5.92 Å². The van der Waals surface area contributed by atoms with Crippen LogP contribution in [0, 0.1) is 5.92 Å². The summed E-state index contributed by atoms with van der Waals surface area (Å²) in [6, 6.07) is 21.5. The van der Waals surface area contributed by atoms with Gasteiger partial charge in [-0.3, -0.25) is 0 Å². The van der Waals surface area contributed by atoms with Crippen LogP contribution in [0.1, 0.15) is 24.0 Å². The molecule has 2 rings (SSSR count). The summed E-state index contributed by atoms with van der Waals surface area (Å²) in [4.78, 5) is 0. The quantitative estimate of drug-likeness (QED) is 0.651. The fraction of sp³-hybridized carbons (Fsp3) is 0.263. The average Bonchev–Trinajstić information content (AvgIpc) is 2.52. The normalized spacial score (nSPS) is 11.3. The van der Waals surface area contributed by atoms with Crippen molar-refractivity contribution in [1.29, 1.82) is 0 Å². The van der Waals surface area contributed by atoms with Crippen LogP contribution in [0.3, 0.4) is 0 Å². The summed E-state index contributed by atoms with van der Waals surface area (Å²) in [6.07, 6.45) is 6.99. The van der Waals surface area contributed by atoms with Gasteiger partial charge in [0.05, 0.1) is 10.2 Å². The second-order valence-electron chi connectivity index (χ2n) is 5.17. The lowest BCUT2D eigenvalue weighted by Crippen LogP contribution is -2.01. The molecule has 3 radical (unpaired) electrons. The van der Waals surface area contributed by atoms with Crippen LogP contribution in [0.4, 0.5) is 0 Å². The topological polar surface area (TPSA) is 0 Å². The molecule has 0 spiro atoms. The van der Waals surface area contributed by atoms with Crippen LogP contribution in [0.2, 0.25) is 0 Å². The summed E-state index contributed by atoms with van der Waals surface area (Å²) in [7, 11) is 3.47. The van der Waals surface area contributed by atoms with Crippen molar-refractivity contribution in [3.63, 3.8) is 0 Å². The number of rotatable bonds is 7. The molecular weight excluding hydrogens is 256 g/mol. The van der Waals surface area contributed by atoms with Crippen molar-refractivity contribution in [2.75, 3.05) is 0 Å². The van der Waals surface area contributed by atoms with Gasteiger partial charge in [0, 0.05) is 0 Å². The molecule has 0 N–H and O–H groups in total. The maximum Gasteiger partial charge on any atom is 0.0596 e. The van der Waals surface area contributed by atoms with Gasteiger partial charge in [0.15, 0.2) is 0 Å². The lowest BCUT2D eigenvalue weighted by molar-refractivity contribution is 0.545. The number of aryl methyl sites for hydroxylation is 2. The van der Waals surface area contributed by atoms with E-state index in [1.54, 1.807) is 0 Å². The third kappa shape index (κ3) is 5.18. The van der Waals surface area contributed by atoms with E-state index in [4.69, 9.17) is 0 Å². The first-order valence-electron chi connectivity index (χ1n) is 7.30. The van der Waals surface area contributed by atoms with Crippen LogP contribution < -0.4 is 0 Å². The van der Waals surface area contributed by atoms with E-state index in [9.17, 15) is 0 Å². The Balaban J connectivity index is 1.84. The predicted molar refractivity (Wildman–Crippen MR) is 87.9 cm³/mol. The van der Waals surface area contributed by atoms with Gasteiger partial charge < -0.3 is 0 Å². The molecule has 0 aromatic heterocycles. The first kappa shape index (κ1) is 14.8. The molecule has 0 aliphatic carbocycles. The van der Waals surface area contributed by atoms with Crippen LogP contribution >= 0.6 is 0 Å². The standard InChI is InChI=1S/C19H21Si/c20-16-15-19(13-11-17-7-3-1-4-8-17)14-12-18-9-5-2-6-10-18/h1-10,15-16,19H,11-14H2. The molecule has 0 fully saturated rings. The summed E-state index contributed by atoms with van der Waals surface area (Å²) in [6.45, 7) is 0. The molecule has 0 amide bonds. The molecule has 0 saturated heterocycles. The summed E-state index contributed by atoms with van der Waals surface area (Å²) in [5.41, 5.74) is 4.86. The van der Waals surface area contributed by atoms with E-state index < -0.39 is 0 Å². The van der Waals surface area contributed by atoms with Crippen molar-refractivity contribution < 1.29 is 0 Å².